The van der Waals surface area contributed by atoms with Crippen molar-refractivity contribution in [3.8, 4) is 0 Å². The monoisotopic (exact) mass is 281 g/mol. The number of carbonyl (C=O) groups is 1. The molecule has 0 saturated carbocycles. The van der Waals surface area contributed by atoms with Crippen LogP contribution in [0.15, 0.2) is 18.2 Å². The standard InChI is InChI=1S/C14H20ClN3O/c1-2-16-9-11-4-5-12(8-13(11)15)18-7-3-6-17-14(19)10-18/h4-5,8,16H,2-3,6-7,9-10H2,1H3,(H,17,19). The first-order valence-corrected chi connectivity index (χ1v) is 7.09. The summed E-state index contributed by atoms with van der Waals surface area (Å²) >= 11 is 6.29. The van der Waals surface area contributed by atoms with E-state index in [1.54, 1.807) is 0 Å². The first kappa shape index (κ1) is 14.2. The lowest BCUT2D eigenvalue weighted by atomic mass is 10.2. The Hall–Kier alpha value is -1.26. The van der Waals surface area contributed by atoms with Crippen LogP contribution >= 0.6 is 11.6 Å². The number of anilines is 1. The highest BCUT2D eigenvalue weighted by Crippen LogP contribution is 2.24. The fourth-order valence-corrected chi connectivity index (χ4v) is 2.40. The smallest absolute Gasteiger partial charge is 0.239 e. The van der Waals surface area contributed by atoms with Gasteiger partial charge in [-0.1, -0.05) is 24.6 Å². The second kappa shape index (κ2) is 6.78. The van der Waals surface area contributed by atoms with Gasteiger partial charge in [-0.25, -0.2) is 0 Å². The van der Waals surface area contributed by atoms with E-state index in [9.17, 15) is 4.79 Å². The molecule has 0 spiro atoms. The van der Waals surface area contributed by atoms with Crippen molar-refractivity contribution in [1.82, 2.24) is 10.6 Å². The SMILES string of the molecule is CCNCc1ccc(N2CCCNC(=O)C2)cc1Cl. The lowest BCUT2D eigenvalue weighted by Crippen LogP contribution is -2.33. The van der Waals surface area contributed by atoms with Crippen LogP contribution in [0, 0.1) is 0 Å². The third-order valence-corrected chi connectivity index (χ3v) is 3.58. The van der Waals surface area contributed by atoms with Crippen molar-refractivity contribution in [3.05, 3.63) is 28.8 Å². The summed E-state index contributed by atoms with van der Waals surface area (Å²) in [5, 5.41) is 6.89. The van der Waals surface area contributed by atoms with Gasteiger partial charge in [0, 0.05) is 30.3 Å². The van der Waals surface area contributed by atoms with Crippen LogP contribution in [0.25, 0.3) is 0 Å². The number of nitrogens with one attached hydrogen (secondary N) is 2. The van der Waals surface area contributed by atoms with Crippen molar-refractivity contribution in [2.24, 2.45) is 0 Å². The highest BCUT2D eigenvalue weighted by Gasteiger charge is 2.15. The van der Waals surface area contributed by atoms with Gasteiger partial charge in [-0.05, 0) is 30.7 Å². The topological polar surface area (TPSA) is 44.4 Å². The summed E-state index contributed by atoms with van der Waals surface area (Å²) in [7, 11) is 0. The van der Waals surface area contributed by atoms with E-state index < -0.39 is 0 Å². The molecule has 2 rings (SSSR count). The number of halogens is 1. The van der Waals surface area contributed by atoms with Gasteiger partial charge in [-0.3, -0.25) is 4.79 Å². The molecule has 0 aliphatic carbocycles. The van der Waals surface area contributed by atoms with Gasteiger partial charge in [-0.2, -0.15) is 0 Å². The molecule has 0 unspecified atom stereocenters. The summed E-state index contributed by atoms with van der Waals surface area (Å²) < 4.78 is 0. The maximum atomic E-state index is 11.6. The molecule has 5 heteroatoms. The predicted molar refractivity (Wildman–Crippen MR) is 78.7 cm³/mol. The largest absolute Gasteiger partial charge is 0.362 e. The van der Waals surface area contributed by atoms with E-state index in [2.05, 4.69) is 22.5 Å². The number of amides is 1. The van der Waals surface area contributed by atoms with Crippen molar-refractivity contribution in [2.45, 2.75) is 19.9 Å². The number of hydrogen-bond acceptors (Lipinski definition) is 3. The second-order valence-electron chi connectivity index (χ2n) is 4.68. The van der Waals surface area contributed by atoms with Crippen molar-refractivity contribution >= 4 is 23.2 Å². The molecule has 1 saturated heterocycles. The highest BCUT2D eigenvalue weighted by molar-refractivity contribution is 6.31. The molecule has 0 atom stereocenters. The Morgan fingerprint density at radius 3 is 3.05 bits per heavy atom. The Morgan fingerprint density at radius 2 is 2.32 bits per heavy atom. The zero-order chi connectivity index (χ0) is 13.7. The number of benzene rings is 1. The molecule has 1 aliphatic rings. The Bertz CT molecular complexity index is 450. The van der Waals surface area contributed by atoms with Gasteiger partial charge >= 0.3 is 0 Å². The lowest BCUT2D eigenvalue weighted by molar-refractivity contribution is -0.119. The molecule has 4 nitrogen and oxygen atoms in total. The molecule has 1 aromatic carbocycles. The summed E-state index contributed by atoms with van der Waals surface area (Å²) in [5.74, 6) is 0.0744. The van der Waals surface area contributed by atoms with Crippen LogP contribution in [0.3, 0.4) is 0 Å². The number of nitrogens with zero attached hydrogens (tertiary/aromatic N) is 1. The third-order valence-electron chi connectivity index (χ3n) is 3.23. The Balaban J connectivity index is 2.11. The van der Waals surface area contributed by atoms with E-state index in [-0.39, 0.29) is 5.91 Å². The molecule has 0 aromatic heterocycles. The average Bonchev–Trinajstić information content (AvgIpc) is 2.62. The Kier molecular flexibility index (Phi) is 5.05. The van der Waals surface area contributed by atoms with Crippen LogP contribution < -0.4 is 15.5 Å². The highest BCUT2D eigenvalue weighted by atomic mass is 35.5. The third kappa shape index (κ3) is 3.85. The molecular weight excluding hydrogens is 262 g/mol. The maximum absolute atomic E-state index is 11.6. The predicted octanol–water partition coefficient (Wildman–Crippen LogP) is 1.78. The molecule has 1 amide bonds. The van der Waals surface area contributed by atoms with Gasteiger partial charge in [0.05, 0.1) is 6.54 Å². The molecular formula is C14H20ClN3O. The van der Waals surface area contributed by atoms with Crippen molar-refractivity contribution in [1.29, 1.82) is 0 Å². The Labute approximate surface area is 119 Å². The fourth-order valence-electron chi connectivity index (χ4n) is 2.16. The maximum Gasteiger partial charge on any atom is 0.239 e. The van der Waals surface area contributed by atoms with Crippen molar-refractivity contribution in [2.75, 3.05) is 31.1 Å². The molecule has 104 valence electrons. The summed E-state index contributed by atoms with van der Waals surface area (Å²) in [6.45, 7) is 5.80. The molecule has 2 N–H and O–H groups in total. The van der Waals surface area contributed by atoms with Gasteiger partial charge in [0.25, 0.3) is 0 Å². The van der Waals surface area contributed by atoms with E-state index >= 15 is 0 Å². The fraction of sp³-hybridized carbons (Fsp3) is 0.500. The average molecular weight is 282 g/mol. The zero-order valence-electron chi connectivity index (χ0n) is 11.2. The van der Waals surface area contributed by atoms with Crippen molar-refractivity contribution in [3.63, 3.8) is 0 Å². The summed E-state index contributed by atoms with van der Waals surface area (Å²) in [5.41, 5.74) is 2.11. The van der Waals surface area contributed by atoms with Gasteiger partial charge in [0.15, 0.2) is 0 Å². The van der Waals surface area contributed by atoms with E-state index in [0.29, 0.717) is 6.54 Å². The second-order valence-corrected chi connectivity index (χ2v) is 5.09. The van der Waals surface area contributed by atoms with Gasteiger partial charge in [0.2, 0.25) is 5.91 Å². The quantitative estimate of drug-likeness (QED) is 0.884. The summed E-state index contributed by atoms with van der Waals surface area (Å²) in [6, 6.07) is 6.02. The molecule has 0 radical (unpaired) electrons. The van der Waals surface area contributed by atoms with Crippen molar-refractivity contribution < 1.29 is 4.79 Å². The molecule has 0 bridgehead atoms. The van der Waals surface area contributed by atoms with E-state index in [1.165, 1.54) is 0 Å². The normalized spacial score (nSPS) is 16.1. The van der Waals surface area contributed by atoms with Gasteiger partial charge < -0.3 is 15.5 Å². The first-order valence-electron chi connectivity index (χ1n) is 6.71. The van der Waals surface area contributed by atoms with Crippen LogP contribution in [0.5, 0.6) is 0 Å². The minimum absolute atomic E-state index is 0.0744. The van der Waals surface area contributed by atoms with Crippen LogP contribution in [0.2, 0.25) is 5.02 Å². The van der Waals surface area contributed by atoms with Crippen LogP contribution in [-0.2, 0) is 11.3 Å². The summed E-state index contributed by atoms with van der Waals surface area (Å²) in [4.78, 5) is 13.6. The van der Waals surface area contributed by atoms with E-state index in [1.807, 2.05) is 18.2 Å². The van der Waals surface area contributed by atoms with E-state index in [4.69, 9.17) is 11.6 Å². The van der Waals surface area contributed by atoms with E-state index in [0.717, 1.165) is 48.9 Å². The molecule has 1 fully saturated rings. The van der Waals surface area contributed by atoms with Crippen LogP contribution in [0.4, 0.5) is 5.69 Å². The van der Waals surface area contributed by atoms with Crippen LogP contribution in [0.1, 0.15) is 18.9 Å². The van der Waals surface area contributed by atoms with Gasteiger partial charge in [-0.15, -0.1) is 0 Å². The van der Waals surface area contributed by atoms with Crippen LogP contribution in [-0.4, -0.2) is 32.1 Å². The molecule has 1 aromatic rings. The first-order chi connectivity index (χ1) is 9.20. The zero-order valence-corrected chi connectivity index (χ0v) is 12.0. The number of carbonyl (C=O) groups excluding carboxylic acids is 1. The lowest BCUT2D eigenvalue weighted by Gasteiger charge is -2.22. The summed E-state index contributed by atoms with van der Waals surface area (Å²) in [6.07, 6.45) is 0.961. The van der Waals surface area contributed by atoms with Gasteiger partial charge in [0.1, 0.15) is 0 Å². The minimum Gasteiger partial charge on any atom is -0.362 e. The molecule has 19 heavy (non-hydrogen) atoms. The number of hydrogen-bond donors (Lipinski definition) is 2. The molecule has 1 aliphatic heterocycles. The number of rotatable bonds is 4. The molecule has 1 heterocycles. The Morgan fingerprint density at radius 1 is 1.47 bits per heavy atom. The minimum atomic E-state index is 0.0744.